The summed E-state index contributed by atoms with van der Waals surface area (Å²) in [6.07, 6.45) is 2.24. The molecule has 1 N–H and O–H groups in total. The van der Waals surface area contributed by atoms with Crippen molar-refractivity contribution in [2.45, 2.75) is 38.7 Å². The molecular formula is C15H22O3. The molecule has 0 saturated carbocycles. The van der Waals surface area contributed by atoms with Crippen LogP contribution in [0.2, 0.25) is 0 Å². The van der Waals surface area contributed by atoms with Gasteiger partial charge in [0.25, 0.3) is 0 Å². The maximum atomic E-state index is 10.9. The van der Waals surface area contributed by atoms with Gasteiger partial charge >= 0.3 is 0 Å². The Morgan fingerprint density at radius 1 is 1.22 bits per heavy atom. The number of hydrogen-bond donors (Lipinski definition) is 1. The predicted octanol–water partition coefficient (Wildman–Crippen LogP) is 2.70. The first-order chi connectivity index (χ1) is 8.58. The van der Waals surface area contributed by atoms with Crippen molar-refractivity contribution in [3.63, 3.8) is 0 Å². The summed E-state index contributed by atoms with van der Waals surface area (Å²) in [5, 5.41) is 10.9. The molecule has 0 spiro atoms. The molecule has 0 aliphatic carbocycles. The first-order valence-corrected chi connectivity index (χ1v) is 6.53. The molecular weight excluding hydrogens is 228 g/mol. The van der Waals surface area contributed by atoms with Gasteiger partial charge in [0.2, 0.25) is 0 Å². The first kappa shape index (κ1) is 13.4. The average molecular weight is 250 g/mol. The molecule has 1 atom stereocenters. The maximum absolute atomic E-state index is 10.9. The molecule has 0 aromatic heterocycles. The lowest BCUT2D eigenvalue weighted by Crippen LogP contribution is -2.27. The quantitative estimate of drug-likeness (QED) is 0.877. The molecule has 0 radical (unpaired) electrons. The number of methoxy groups -OCH3 is 1. The minimum atomic E-state index is -0.819. The molecule has 1 aliphatic heterocycles. The number of hydrogen-bond acceptors (Lipinski definition) is 3. The fourth-order valence-corrected chi connectivity index (χ4v) is 2.62. The summed E-state index contributed by atoms with van der Waals surface area (Å²) < 4.78 is 11.0. The van der Waals surface area contributed by atoms with Crippen LogP contribution in [0.25, 0.3) is 0 Å². The van der Waals surface area contributed by atoms with Crippen LogP contribution in [0.4, 0.5) is 0 Å². The van der Waals surface area contributed by atoms with Crippen molar-refractivity contribution in [1.82, 2.24) is 0 Å². The third kappa shape index (κ3) is 2.38. The van der Waals surface area contributed by atoms with Gasteiger partial charge in [0.05, 0.1) is 12.7 Å². The second-order valence-corrected chi connectivity index (χ2v) is 5.09. The van der Waals surface area contributed by atoms with Gasteiger partial charge in [0, 0.05) is 25.2 Å². The van der Waals surface area contributed by atoms with E-state index >= 15 is 0 Å². The van der Waals surface area contributed by atoms with Crippen LogP contribution >= 0.6 is 0 Å². The second-order valence-electron chi connectivity index (χ2n) is 5.09. The monoisotopic (exact) mass is 250 g/mol. The zero-order chi connectivity index (χ0) is 13.2. The lowest BCUT2D eigenvalue weighted by atomic mass is 9.84. The summed E-state index contributed by atoms with van der Waals surface area (Å²) in [5.41, 5.74) is 2.37. The normalized spacial score (nSPS) is 24.7. The highest BCUT2D eigenvalue weighted by atomic mass is 16.5. The fraction of sp³-hybridized carbons (Fsp3) is 0.600. The van der Waals surface area contributed by atoms with Gasteiger partial charge in [0.15, 0.2) is 0 Å². The van der Waals surface area contributed by atoms with E-state index in [0.717, 1.165) is 36.3 Å². The SMILES string of the molecule is COc1c(C2(O)CCCOCC2)ccc(C)c1C. The first-order valence-electron chi connectivity index (χ1n) is 6.53. The Morgan fingerprint density at radius 3 is 2.72 bits per heavy atom. The predicted molar refractivity (Wildman–Crippen MR) is 71.0 cm³/mol. The average Bonchev–Trinajstić information content (AvgIpc) is 2.58. The Morgan fingerprint density at radius 2 is 2.00 bits per heavy atom. The minimum absolute atomic E-state index is 0.604. The van der Waals surface area contributed by atoms with Gasteiger partial charge < -0.3 is 14.6 Å². The van der Waals surface area contributed by atoms with Gasteiger partial charge in [0.1, 0.15) is 5.75 Å². The molecule has 1 heterocycles. The van der Waals surface area contributed by atoms with E-state index in [-0.39, 0.29) is 0 Å². The lowest BCUT2D eigenvalue weighted by molar-refractivity contribution is 0.0123. The summed E-state index contributed by atoms with van der Waals surface area (Å²) in [5.74, 6) is 0.819. The van der Waals surface area contributed by atoms with Crippen molar-refractivity contribution in [2.75, 3.05) is 20.3 Å². The molecule has 1 aliphatic rings. The van der Waals surface area contributed by atoms with Gasteiger partial charge in [-0.05, 0) is 37.8 Å². The summed E-state index contributed by atoms with van der Waals surface area (Å²) in [6, 6.07) is 4.05. The smallest absolute Gasteiger partial charge is 0.128 e. The van der Waals surface area contributed by atoms with E-state index < -0.39 is 5.60 Å². The Hall–Kier alpha value is -1.06. The van der Waals surface area contributed by atoms with Crippen LogP contribution in [0.15, 0.2) is 12.1 Å². The number of rotatable bonds is 2. The number of ether oxygens (including phenoxy) is 2. The van der Waals surface area contributed by atoms with E-state index in [0.29, 0.717) is 13.0 Å². The Balaban J connectivity index is 2.45. The van der Waals surface area contributed by atoms with Gasteiger partial charge in [-0.15, -0.1) is 0 Å². The number of benzene rings is 1. The van der Waals surface area contributed by atoms with Gasteiger partial charge in [-0.2, -0.15) is 0 Å². The highest BCUT2D eigenvalue weighted by Crippen LogP contribution is 2.40. The van der Waals surface area contributed by atoms with E-state index in [4.69, 9.17) is 9.47 Å². The van der Waals surface area contributed by atoms with Crippen molar-refractivity contribution in [3.8, 4) is 5.75 Å². The van der Waals surface area contributed by atoms with Crippen molar-refractivity contribution >= 4 is 0 Å². The highest BCUT2D eigenvalue weighted by Gasteiger charge is 2.33. The van der Waals surface area contributed by atoms with E-state index in [1.165, 1.54) is 5.56 Å². The van der Waals surface area contributed by atoms with Crippen LogP contribution in [0, 0.1) is 13.8 Å². The maximum Gasteiger partial charge on any atom is 0.128 e. The molecule has 0 bridgehead atoms. The van der Waals surface area contributed by atoms with Crippen LogP contribution in [-0.4, -0.2) is 25.4 Å². The Bertz CT molecular complexity index is 418. The third-order valence-electron chi connectivity index (χ3n) is 3.92. The summed E-state index contributed by atoms with van der Waals surface area (Å²) >= 11 is 0. The van der Waals surface area contributed by atoms with E-state index in [2.05, 4.69) is 13.0 Å². The van der Waals surface area contributed by atoms with E-state index in [9.17, 15) is 5.11 Å². The van der Waals surface area contributed by atoms with Gasteiger partial charge in [-0.3, -0.25) is 0 Å². The van der Waals surface area contributed by atoms with Crippen LogP contribution in [0.5, 0.6) is 5.75 Å². The molecule has 18 heavy (non-hydrogen) atoms. The van der Waals surface area contributed by atoms with Crippen molar-refractivity contribution in [2.24, 2.45) is 0 Å². The molecule has 1 aromatic rings. The zero-order valence-corrected chi connectivity index (χ0v) is 11.5. The number of aryl methyl sites for hydroxylation is 1. The summed E-state index contributed by atoms with van der Waals surface area (Å²) in [7, 11) is 1.67. The minimum Gasteiger partial charge on any atom is -0.496 e. The largest absolute Gasteiger partial charge is 0.496 e. The van der Waals surface area contributed by atoms with Crippen molar-refractivity contribution in [3.05, 3.63) is 28.8 Å². The molecule has 3 heteroatoms. The van der Waals surface area contributed by atoms with Gasteiger partial charge in [-0.25, -0.2) is 0 Å². The molecule has 100 valence electrons. The van der Waals surface area contributed by atoms with Crippen molar-refractivity contribution in [1.29, 1.82) is 0 Å². The van der Waals surface area contributed by atoms with Crippen LogP contribution in [0.1, 0.15) is 36.0 Å². The molecule has 1 unspecified atom stereocenters. The summed E-state index contributed by atoms with van der Waals surface area (Å²) in [6.45, 7) is 5.43. The zero-order valence-electron chi connectivity index (χ0n) is 11.5. The molecule has 2 rings (SSSR count). The van der Waals surface area contributed by atoms with Gasteiger partial charge in [-0.1, -0.05) is 12.1 Å². The molecule has 1 fully saturated rings. The fourth-order valence-electron chi connectivity index (χ4n) is 2.62. The van der Waals surface area contributed by atoms with Crippen LogP contribution in [-0.2, 0) is 10.3 Å². The topological polar surface area (TPSA) is 38.7 Å². The highest BCUT2D eigenvalue weighted by molar-refractivity contribution is 5.48. The molecule has 1 saturated heterocycles. The third-order valence-corrected chi connectivity index (χ3v) is 3.92. The summed E-state index contributed by atoms with van der Waals surface area (Å²) in [4.78, 5) is 0. The Labute approximate surface area is 109 Å². The molecule has 0 amide bonds. The van der Waals surface area contributed by atoms with E-state index in [1.807, 2.05) is 13.0 Å². The number of aliphatic hydroxyl groups is 1. The van der Waals surface area contributed by atoms with Crippen LogP contribution < -0.4 is 4.74 Å². The van der Waals surface area contributed by atoms with Crippen LogP contribution in [0.3, 0.4) is 0 Å². The molecule has 3 nitrogen and oxygen atoms in total. The van der Waals surface area contributed by atoms with Crippen molar-refractivity contribution < 1.29 is 14.6 Å². The Kier molecular flexibility index (Phi) is 3.93. The standard InChI is InChI=1S/C15H22O3/c1-11-5-6-13(14(17-3)12(11)2)15(16)7-4-9-18-10-8-15/h5-6,16H,4,7-10H2,1-3H3. The lowest BCUT2D eigenvalue weighted by Gasteiger charge is -2.29. The molecule has 1 aromatic carbocycles. The van der Waals surface area contributed by atoms with E-state index in [1.54, 1.807) is 7.11 Å². The second kappa shape index (κ2) is 5.29.